The first-order valence-electron chi connectivity index (χ1n) is 4.66. The van der Waals surface area contributed by atoms with Crippen molar-refractivity contribution in [2.45, 2.75) is 31.7 Å². The fourth-order valence-corrected chi connectivity index (χ4v) is 1.89. The van der Waals surface area contributed by atoms with Crippen molar-refractivity contribution in [3.8, 4) is 0 Å². The van der Waals surface area contributed by atoms with Gasteiger partial charge in [0.2, 0.25) is 5.95 Å². The van der Waals surface area contributed by atoms with E-state index in [1.165, 1.54) is 4.68 Å². The quantitative estimate of drug-likeness (QED) is 0.788. The number of halogens is 1. The SMILES string of the molecule is O=C(O)c1cnn(C2CCCC2)c1F. The highest BCUT2D eigenvalue weighted by atomic mass is 19.1. The van der Waals surface area contributed by atoms with E-state index in [0.717, 1.165) is 31.9 Å². The number of carboxylic acid groups (broad SMARTS) is 1. The fourth-order valence-electron chi connectivity index (χ4n) is 1.89. The lowest BCUT2D eigenvalue weighted by molar-refractivity contribution is 0.0691. The first-order chi connectivity index (χ1) is 6.70. The van der Waals surface area contributed by atoms with Crippen LogP contribution >= 0.6 is 0 Å². The molecule has 14 heavy (non-hydrogen) atoms. The monoisotopic (exact) mass is 198 g/mol. The van der Waals surface area contributed by atoms with Gasteiger partial charge in [-0.3, -0.25) is 0 Å². The Morgan fingerprint density at radius 2 is 2.21 bits per heavy atom. The third kappa shape index (κ3) is 1.38. The van der Waals surface area contributed by atoms with Crippen molar-refractivity contribution in [3.63, 3.8) is 0 Å². The van der Waals surface area contributed by atoms with E-state index in [0.29, 0.717) is 0 Å². The summed E-state index contributed by atoms with van der Waals surface area (Å²) in [6.45, 7) is 0. The molecule has 0 amide bonds. The van der Waals surface area contributed by atoms with Gasteiger partial charge in [-0.1, -0.05) is 12.8 Å². The molecule has 1 aliphatic rings. The highest BCUT2D eigenvalue weighted by Crippen LogP contribution is 2.30. The molecule has 1 aromatic rings. The molecule has 0 aromatic carbocycles. The number of hydrogen-bond acceptors (Lipinski definition) is 2. The van der Waals surface area contributed by atoms with Gasteiger partial charge in [0.05, 0.1) is 12.2 Å². The molecule has 4 nitrogen and oxygen atoms in total. The summed E-state index contributed by atoms with van der Waals surface area (Å²) in [6.07, 6.45) is 4.98. The molecule has 0 saturated heterocycles. The lowest BCUT2D eigenvalue weighted by Crippen LogP contribution is -2.10. The molecule has 0 atom stereocenters. The van der Waals surface area contributed by atoms with Gasteiger partial charge in [0, 0.05) is 0 Å². The van der Waals surface area contributed by atoms with E-state index >= 15 is 0 Å². The summed E-state index contributed by atoms with van der Waals surface area (Å²) in [4.78, 5) is 10.6. The second-order valence-corrected chi connectivity index (χ2v) is 3.54. The van der Waals surface area contributed by atoms with Crippen LogP contribution in [0.15, 0.2) is 6.20 Å². The number of carbonyl (C=O) groups is 1. The summed E-state index contributed by atoms with van der Waals surface area (Å²) in [7, 11) is 0. The van der Waals surface area contributed by atoms with Crippen molar-refractivity contribution >= 4 is 5.97 Å². The van der Waals surface area contributed by atoms with E-state index in [9.17, 15) is 9.18 Å². The number of nitrogens with zero attached hydrogens (tertiary/aromatic N) is 2. The van der Waals surface area contributed by atoms with Crippen molar-refractivity contribution in [2.24, 2.45) is 0 Å². The minimum atomic E-state index is -1.26. The second-order valence-electron chi connectivity index (χ2n) is 3.54. The molecular formula is C9H11FN2O2. The Labute approximate surface area is 80.3 Å². The lowest BCUT2D eigenvalue weighted by atomic mass is 10.2. The van der Waals surface area contributed by atoms with E-state index in [2.05, 4.69) is 5.10 Å². The van der Waals surface area contributed by atoms with E-state index in [1.54, 1.807) is 0 Å². The van der Waals surface area contributed by atoms with Crippen LogP contribution in [-0.4, -0.2) is 20.9 Å². The molecule has 0 spiro atoms. The Kier molecular flexibility index (Phi) is 2.23. The topological polar surface area (TPSA) is 55.1 Å². The third-order valence-electron chi connectivity index (χ3n) is 2.64. The highest BCUT2D eigenvalue weighted by Gasteiger charge is 2.24. The van der Waals surface area contributed by atoms with Crippen molar-refractivity contribution in [1.82, 2.24) is 9.78 Å². The first-order valence-corrected chi connectivity index (χ1v) is 4.66. The van der Waals surface area contributed by atoms with Crippen LogP contribution in [0.5, 0.6) is 0 Å². The molecule has 76 valence electrons. The van der Waals surface area contributed by atoms with Crippen LogP contribution in [0.3, 0.4) is 0 Å². The molecule has 1 saturated carbocycles. The predicted octanol–water partition coefficient (Wildman–Crippen LogP) is 1.84. The van der Waals surface area contributed by atoms with E-state index in [-0.39, 0.29) is 11.6 Å². The van der Waals surface area contributed by atoms with Gasteiger partial charge in [-0.05, 0) is 12.8 Å². The number of aromatic carboxylic acids is 1. The Morgan fingerprint density at radius 1 is 1.57 bits per heavy atom. The van der Waals surface area contributed by atoms with Crippen LogP contribution in [0.25, 0.3) is 0 Å². The molecule has 1 fully saturated rings. The Balaban J connectivity index is 2.30. The predicted molar refractivity (Wildman–Crippen MR) is 46.6 cm³/mol. The van der Waals surface area contributed by atoms with Crippen molar-refractivity contribution in [1.29, 1.82) is 0 Å². The van der Waals surface area contributed by atoms with Gasteiger partial charge >= 0.3 is 5.97 Å². The van der Waals surface area contributed by atoms with Crippen LogP contribution in [0.1, 0.15) is 42.1 Å². The minimum Gasteiger partial charge on any atom is -0.477 e. The standard InChI is InChI=1S/C9H11FN2O2/c10-8-7(9(13)14)5-11-12(8)6-3-1-2-4-6/h5-6H,1-4H2,(H,13,14). The molecule has 2 rings (SSSR count). The summed E-state index contributed by atoms with van der Waals surface area (Å²) in [5.41, 5.74) is -0.336. The molecular weight excluding hydrogens is 187 g/mol. The number of carboxylic acids is 1. The summed E-state index contributed by atoms with van der Waals surface area (Å²) < 4.78 is 14.7. The van der Waals surface area contributed by atoms with Gasteiger partial charge in [0.25, 0.3) is 0 Å². The summed E-state index contributed by atoms with van der Waals surface area (Å²) >= 11 is 0. The average molecular weight is 198 g/mol. The van der Waals surface area contributed by atoms with Gasteiger partial charge in [-0.2, -0.15) is 9.49 Å². The summed E-state index contributed by atoms with van der Waals surface area (Å²) in [6, 6.07) is 0.0445. The third-order valence-corrected chi connectivity index (χ3v) is 2.64. The molecule has 1 heterocycles. The number of hydrogen-bond donors (Lipinski definition) is 1. The van der Waals surface area contributed by atoms with Gasteiger partial charge in [0.1, 0.15) is 5.56 Å². The Morgan fingerprint density at radius 3 is 2.71 bits per heavy atom. The van der Waals surface area contributed by atoms with Crippen molar-refractivity contribution < 1.29 is 14.3 Å². The molecule has 0 radical (unpaired) electrons. The van der Waals surface area contributed by atoms with Crippen LogP contribution in [0.2, 0.25) is 0 Å². The number of aromatic nitrogens is 2. The zero-order chi connectivity index (χ0) is 10.1. The summed E-state index contributed by atoms with van der Waals surface area (Å²) in [5, 5.41) is 12.4. The minimum absolute atomic E-state index is 0.0445. The molecule has 5 heteroatoms. The highest BCUT2D eigenvalue weighted by molar-refractivity contribution is 5.87. The maximum absolute atomic E-state index is 13.5. The zero-order valence-electron chi connectivity index (χ0n) is 7.61. The Hall–Kier alpha value is -1.39. The number of rotatable bonds is 2. The first kappa shape index (κ1) is 9.18. The molecule has 1 aliphatic carbocycles. The van der Waals surface area contributed by atoms with Crippen LogP contribution in [0, 0.1) is 5.95 Å². The van der Waals surface area contributed by atoms with E-state index in [1.807, 2.05) is 0 Å². The maximum atomic E-state index is 13.5. The van der Waals surface area contributed by atoms with Gasteiger partial charge in [-0.15, -0.1) is 0 Å². The van der Waals surface area contributed by atoms with Gasteiger partial charge in [-0.25, -0.2) is 9.48 Å². The van der Waals surface area contributed by atoms with Crippen LogP contribution < -0.4 is 0 Å². The Bertz CT molecular complexity index is 356. The molecule has 0 aliphatic heterocycles. The molecule has 1 N–H and O–H groups in total. The average Bonchev–Trinajstić information content (AvgIpc) is 2.71. The van der Waals surface area contributed by atoms with Gasteiger partial charge in [0.15, 0.2) is 0 Å². The van der Waals surface area contributed by atoms with Crippen LogP contribution in [-0.2, 0) is 0 Å². The van der Waals surface area contributed by atoms with Crippen molar-refractivity contribution in [2.75, 3.05) is 0 Å². The second kappa shape index (κ2) is 3.40. The van der Waals surface area contributed by atoms with Crippen molar-refractivity contribution in [3.05, 3.63) is 17.7 Å². The maximum Gasteiger partial charge on any atom is 0.342 e. The lowest BCUT2D eigenvalue weighted by Gasteiger charge is -2.09. The normalized spacial score (nSPS) is 17.5. The van der Waals surface area contributed by atoms with E-state index in [4.69, 9.17) is 5.11 Å². The summed E-state index contributed by atoms with van der Waals surface area (Å²) in [5.74, 6) is -1.98. The van der Waals surface area contributed by atoms with Crippen LogP contribution in [0.4, 0.5) is 4.39 Å². The molecule has 0 unspecified atom stereocenters. The smallest absolute Gasteiger partial charge is 0.342 e. The molecule has 0 bridgehead atoms. The zero-order valence-corrected chi connectivity index (χ0v) is 7.61. The molecule has 1 aromatic heterocycles. The van der Waals surface area contributed by atoms with Gasteiger partial charge < -0.3 is 5.11 Å². The largest absolute Gasteiger partial charge is 0.477 e. The fraction of sp³-hybridized carbons (Fsp3) is 0.556. The van der Waals surface area contributed by atoms with E-state index < -0.39 is 11.9 Å².